The number of halogens is 1. The summed E-state index contributed by atoms with van der Waals surface area (Å²) in [7, 11) is 2.11. The van der Waals surface area contributed by atoms with Crippen molar-refractivity contribution in [2.75, 3.05) is 13.6 Å². The van der Waals surface area contributed by atoms with Crippen LogP contribution in [0, 0.1) is 0 Å². The van der Waals surface area contributed by atoms with Crippen LogP contribution in [-0.2, 0) is 6.42 Å². The van der Waals surface area contributed by atoms with Crippen LogP contribution in [0.15, 0.2) is 15.9 Å². The first kappa shape index (κ1) is 13.1. The summed E-state index contributed by atoms with van der Waals surface area (Å²) in [4.78, 5) is 4.29. The third-order valence-electron chi connectivity index (χ3n) is 4.54. The Bertz CT molecular complexity index is 392. The Morgan fingerprint density at radius 2 is 2.06 bits per heavy atom. The van der Waals surface area contributed by atoms with Gasteiger partial charge in [0.05, 0.1) is 3.79 Å². The van der Waals surface area contributed by atoms with Crippen molar-refractivity contribution in [2.24, 2.45) is 0 Å². The van der Waals surface area contributed by atoms with Crippen LogP contribution in [0.2, 0.25) is 0 Å². The van der Waals surface area contributed by atoms with E-state index >= 15 is 0 Å². The summed E-state index contributed by atoms with van der Waals surface area (Å²) in [5.74, 6) is 0. The van der Waals surface area contributed by atoms with Crippen LogP contribution in [0.5, 0.6) is 0 Å². The minimum Gasteiger partial charge on any atom is -0.317 e. The van der Waals surface area contributed by atoms with E-state index < -0.39 is 0 Å². The zero-order chi connectivity index (χ0) is 12.5. The van der Waals surface area contributed by atoms with Crippen molar-refractivity contribution in [1.29, 1.82) is 0 Å². The van der Waals surface area contributed by atoms with Gasteiger partial charge in [0, 0.05) is 29.5 Å². The number of piperidine rings is 1. The molecule has 2 saturated heterocycles. The van der Waals surface area contributed by atoms with E-state index in [0.29, 0.717) is 0 Å². The monoisotopic (exact) mass is 328 g/mol. The van der Waals surface area contributed by atoms with Gasteiger partial charge in [0.25, 0.3) is 0 Å². The summed E-state index contributed by atoms with van der Waals surface area (Å²) in [5, 5.41) is 3.47. The lowest BCUT2D eigenvalue weighted by Gasteiger charge is -2.38. The molecule has 0 amide bonds. The Labute approximate surface area is 122 Å². The molecule has 2 unspecified atom stereocenters. The molecule has 2 fully saturated rings. The molecular formula is C14H21BrN2S. The minimum absolute atomic E-state index is 0.759. The van der Waals surface area contributed by atoms with E-state index in [9.17, 15) is 0 Å². The molecule has 2 atom stereocenters. The molecule has 2 aliphatic heterocycles. The molecule has 0 radical (unpaired) electrons. The van der Waals surface area contributed by atoms with Crippen molar-refractivity contribution in [3.05, 3.63) is 20.8 Å². The SMILES string of the molecule is CNC1CC2CCC(C1)N2CCc1ccc(Br)s1. The molecule has 3 heterocycles. The van der Waals surface area contributed by atoms with Gasteiger partial charge in [-0.05, 0) is 67.2 Å². The maximum atomic E-state index is 3.55. The molecule has 0 aromatic carbocycles. The van der Waals surface area contributed by atoms with Gasteiger partial charge >= 0.3 is 0 Å². The second kappa shape index (κ2) is 5.61. The van der Waals surface area contributed by atoms with Crippen molar-refractivity contribution in [2.45, 2.75) is 50.2 Å². The van der Waals surface area contributed by atoms with Crippen LogP contribution in [0.25, 0.3) is 0 Å². The first-order valence-electron chi connectivity index (χ1n) is 6.93. The maximum absolute atomic E-state index is 3.55. The molecule has 4 heteroatoms. The Hall–Kier alpha value is 0.1000. The normalized spacial score (nSPS) is 32.0. The largest absolute Gasteiger partial charge is 0.317 e. The molecule has 2 bridgehead atoms. The highest BCUT2D eigenvalue weighted by atomic mass is 79.9. The van der Waals surface area contributed by atoms with Crippen molar-refractivity contribution >= 4 is 27.3 Å². The lowest BCUT2D eigenvalue weighted by molar-refractivity contribution is 0.121. The fourth-order valence-electron chi connectivity index (χ4n) is 3.60. The fourth-order valence-corrected chi connectivity index (χ4v) is 5.07. The van der Waals surface area contributed by atoms with Gasteiger partial charge in [0.2, 0.25) is 0 Å². The third-order valence-corrected chi connectivity index (χ3v) is 6.22. The van der Waals surface area contributed by atoms with Crippen LogP contribution in [-0.4, -0.2) is 36.6 Å². The van der Waals surface area contributed by atoms with E-state index in [2.05, 4.69) is 45.3 Å². The second-order valence-electron chi connectivity index (χ2n) is 5.54. The molecule has 1 N–H and O–H groups in total. The van der Waals surface area contributed by atoms with Gasteiger partial charge in [0.1, 0.15) is 0 Å². The lowest BCUT2D eigenvalue weighted by atomic mass is 9.97. The molecule has 0 spiro atoms. The van der Waals surface area contributed by atoms with Crippen LogP contribution in [0.3, 0.4) is 0 Å². The Morgan fingerprint density at radius 1 is 1.33 bits per heavy atom. The average molecular weight is 329 g/mol. The lowest BCUT2D eigenvalue weighted by Crippen LogP contribution is -2.48. The van der Waals surface area contributed by atoms with Gasteiger partial charge in [-0.1, -0.05) is 0 Å². The zero-order valence-corrected chi connectivity index (χ0v) is 13.3. The maximum Gasteiger partial charge on any atom is 0.0701 e. The van der Waals surface area contributed by atoms with Crippen LogP contribution < -0.4 is 5.32 Å². The quantitative estimate of drug-likeness (QED) is 0.912. The molecule has 0 saturated carbocycles. The van der Waals surface area contributed by atoms with Crippen LogP contribution in [0.1, 0.15) is 30.6 Å². The van der Waals surface area contributed by atoms with E-state index in [-0.39, 0.29) is 0 Å². The third kappa shape index (κ3) is 2.67. The number of hydrogen-bond donors (Lipinski definition) is 1. The predicted molar refractivity (Wildman–Crippen MR) is 81.3 cm³/mol. The van der Waals surface area contributed by atoms with Crippen molar-refractivity contribution in [1.82, 2.24) is 10.2 Å². The van der Waals surface area contributed by atoms with Gasteiger partial charge in [0.15, 0.2) is 0 Å². The summed E-state index contributed by atoms with van der Waals surface area (Å²) in [5.41, 5.74) is 0. The second-order valence-corrected chi connectivity index (χ2v) is 8.08. The molecule has 2 aliphatic rings. The Kier molecular flexibility index (Phi) is 4.09. The van der Waals surface area contributed by atoms with Crippen LogP contribution >= 0.6 is 27.3 Å². The molecule has 1 aromatic heterocycles. The van der Waals surface area contributed by atoms with E-state index in [1.165, 1.54) is 47.3 Å². The number of rotatable bonds is 4. The minimum atomic E-state index is 0.759. The first-order chi connectivity index (χ1) is 8.76. The van der Waals surface area contributed by atoms with Crippen molar-refractivity contribution < 1.29 is 0 Å². The van der Waals surface area contributed by atoms with Gasteiger partial charge < -0.3 is 5.32 Å². The number of thiophene rings is 1. The topological polar surface area (TPSA) is 15.3 Å². The highest BCUT2D eigenvalue weighted by molar-refractivity contribution is 9.11. The standard InChI is InChI=1S/C14H21BrN2S/c1-16-10-8-11-2-3-12(9-10)17(11)7-6-13-4-5-14(15)18-13/h4-5,10-12,16H,2-3,6-9H2,1H3. The van der Waals surface area contributed by atoms with Gasteiger partial charge in [-0.2, -0.15) is 0 Å². The van der Waals surface area contributed by atoms with Gasteiger partial charge in [-0.15, -0.1) is 11.3 Å². The molecular weight excluding hydrogens is 308 g/mol. The van der Waals surface area contributed by atoms with E-state index in [1.807, 2.05) is 11.3 Å². The summed E-state index contributed by atoms with van der Waals surface area (Å²) in [6, 6.07) is 6.86. The van der Waals surface area contributed by atoms with Crippen molar-refractivity contribution in [3.63, 3.8) is 0 Å². The van der Waals surface area contributed by atoms with E-state index in [1.54, 1.807) is 0 Å². The number of nitrogens with one attached hydrogen (secondary N) is 1. The molecule has 18 heavy (non-hydrogen) atoms. The summed E-state index contributed by atoms with van der Waals surface area (Å²) < 4.78 is 1.26. The summed E-state index contributed by atoms with van der Waals surface area (Å²) in [6.07, 6.45) is 6.74. The van der Waals surface area contributed by atoms with E-state index in [0.717, 1.165) is 18.1 Å². The predicted octanol–water partition coefficient (Wildman–Crippen LogP) is 3.27. The first-order valence-corrected chi connectivity index (χ1v) is 8.54. The number of fused-ring (bicyclic) bond motifs is 2. The fraction of sp³-hybridized carbons (Fsp3) is 0.714. The van der Waals surface area contributed by atoms with Gasteiger partial charge in [-0.3, -0.25) is 4.90 Å². The highest BCUT2D eigenvalue weighted by Gasteiger charge is 2.39. The summed E-state index contributed by atoms with van der Waals surface area (Å²) >= 11 is 5.43. The van der Waals surface area contributed by atoms with Gasteiger partial charge in [-0.25, -0.2) is 0 Å². The smallest absolute Gasteiger partial charge is 0.0701 e. The molecule has 100 valence electrons. The average Bonchev–Trinajstić information content (AvgIpc) is 2.87. The van der Waals surface area contributed by atoms with E-state index in [4.69, 9.17) is 0 Å². The zero-order valence-electron chi connectivity index (χ0n) is 10.9. The van der Waals surface area contributed by atoms with Crippen molar-refractivity contribution in [3.8, 4) is 0 Å². The van der Waals surface area contributed by atoms with Crippen LogP contribution in [0.4, 0.5) is 0 Å². The molecule has 2 nitrogen and oxygen atoms in total. The number of hydrogen-bond acceptors (Lipinski definition) is 3. The molecule has 0 aliphatic carbocycles. The molecule has 3 rings (SSSR count). The number of nitrogens with zero attached hydrogens (tertiary/aromatic N) is 1. The Balaban J connectivity index is 1.58. The summed E-state index contributed by atoms with van der Waals surface area (Å²) in [6.45, 7) is 1.25. The Morgan fingerprint density at radius 3 is 2.61 bits per heavy atom. The molecule has 1 aromatic rings. The highest BCUT2D eigenvalue weighted by Crippen LogP contribution is 2.36.